The third-order valence-electron chi connectivity index (χ3n) is 3.68. The Morgan fingerprint density at radius 1 is 1.47 bits per heavy atom. The van der Waals surface area contributed by atoms with Gasteiger partial charge in [-0.1, -0.05) is 13.3 Å². The fourth-order valence-corrected chi connectivity index (χ4v) is 2.46. The lowest BCUT2D eigenvalue weighted by atomic mass is 10.1. The molecule has 1 saturated carbocycles. The van der Waals surface area contributed by atoms with E-state index in [1.165, 1.54) is 0 Å². The lowest BCUT2D eigenvalue weighted by molar-refractivity contribution is 0.416. The summed E-state index contributed by atoms with van der Waals surface area (Å²) in [4.78, 5) is 0. The topological polar surface area (TPSA) is 78.9 Å². The maximum Gasteiger partial charge on any atom is 0.186 e. The minimum atomic E-state index is 0.414. The van der Waals surface area contributed by atoms with Crippen LogP contribution < -0.4 is 10.5 Å². The van der Waals surface area contributed by atoms with Gasteiger partial charge in [0.25, 0.3) is 0 Å². The molecule has 0 spiro atoms. The third kappa shape index (κ3) is 2.03. The Morgan fingerprint density at radius 2 is 2.32 bits per heavy atom. The highest BCUT2D eigenvalue weighted by Gasteiger charge is 2.40. The van der Waals surface area contributed by atoms with E-state index in [1.54, 1.807) is 13.2 Å². The minimum Gasteiger partial charge on any atom is -0.496 e. The van der Waals surface area contributed by atoms with Crippen LogP contribution in [0.4, 0.5) is 5.69 Å². The summed E-state index contributed by atoms with van der Waals surface area (Å²) in [6, 6.07) is 5.94. The van der Waals surface area contributed by atoms with E-state index in [2.05, 4.69) is 22.4 Å². The van der Waals surface area contributed by atoms with Crippen molar-refractivity contribution in [1.29, 1.82) is 0 Å². The van der Waals surface area contributed by atoms with Crippen LogP contribution in [0.1, 0.15) is 25.8 Å². The zero-order valence-corrected chi connectivity index (χ0v) is 11.1. The average Bonchev–Trinajstić information content (AvgIpc) is 3.06. The number of benzene rings is 1. The first kappa shape index (κ1) is 12.0. The number of hydrogen-bond acceptors (Lipinski definition) is 5. The molecule has 6 heteroatoms. The van der Waals surface area contributed by atoms with Crippen molar-refractivity contribution >= 4 is 5.69 Å². The lowest BCUT2D eigenvalue weighted by Crippen LogP contribution is -2.03. The summed E-state index contributed by atoms with van der Waals surface area (Å²) < 4.78 is 7.27. The second-order valence-electron chi connectivity index (χ2n) is 4.88. The van der Waals surface area contributed by atoms with Crippen molar-refractivity contribution in [2.24, 2.45) is 5.92 Å². The summed E-state index contributed by atoms with van der Waals surface area (Å²) in [5, 5.41) is 12.1. The van der Waals surface area contributed by atoms with E-state index in [1.807, 2.05) is 16.8 Å². The first-order chi connectivity index (χ1) is 9.24. The number of nitrogens with two attached hydrogens (primary N) is 1. The van der Waals surface area contributed by atoms with Gasteiger partial charge in [0.15, 0.2) is 5.82 Å². The number of tetrazole rings is 1. The summed E-state index contributed by atoms with van der Waals surface area (Å²) in [6.07, 6.45) is 2.30. The number of rotatable bonds is 4. The Balaban J connectivity index is 2.01. The van der Waals surface area contributed by atoms with Gasteiger partial charge in [-0.2, -0.15) is 0 Å². The standard InChI is InChI=1S/C13H17N5O/c1-3-8-6-11(8)18-13(15-16-17-18)10-5-4-9(14)7-12(10)19-2/h4-5,7-8,11H,3,6,14H2,1-2H3. The van der Waals surface area contributed by atoms with Crippen molar-refractivity contribution in [3.05, 3.63) is 18.2 Å². The first-order valence-corrected chi connectivity index (χ1v) is 6.46. The van der Waals surface area contributed by atoms with E-state index in [-0.39, 0.29) is 0 Å². The van der Waals surface area contributed by atoms with Crippen molar-refractivity contribution < 1.29 is 4.74 Å². The monoisotopic (exact) mass is 259 g/mol. The van der Waals surface area contributed by atoms with E-state index < -0.39 is 0 Å². The van der Waals surface area contributed by atoms with E-state index in [0.29, 0.717) is 23.4 Å². The van der Waals surface area contributed by atoms with Gasteiger partial charge in [-0.15, -0.1) is 5.10 Å². The van der Waals surface area contributed by atoms with Crippen molar-refractivity contribution in [1.82, 2.24) is 20.2 Å². The predicted octanol–water partition coefficient (Wildman–Crippen LogP) is 1.90. The lowest BCUT2D eigenvalue weighted by Gasteiger charge is -2.09. The van der Waals surface area contributed by atoms with Gasteiger partial charge in [0.05, 0.1) is 18.7 Å². The zero-order chi connectivity index (χ0) is 13.4. The molecule has 0 radical (unpaired) electrons. The van der Waals surface area contributed by atoms with Crippen LogP contribution in [-0.2, 0) is 0 Å². The number of anilines is 1. The molecule has 100 valence electrons. The Hall–Kier alpha value is -2.11. The van der Waals surface area contributed by atoms with E-state index >= 15 is 0 Å². The summed E-state index contributed by atoms with van der Waals surface area (Å²) in [5.41, 5.74) is 7.31. The van der Waals surface area contributed by atoms with E-state index in [9.17, 15) is 0 Å². The predicted molar refractivity (Wildman–Crippen MR) is 71.7 cm³/mol. The largest absolute Gasteiger partial charge is 0.496 e. The molecule has 2 unspecified atom stereocenters. The molecule has 6 nitrogen and oxygen atoms in total. The highest BCUT2D eigenvalue weighted by atomic mass is 16.5. The van der Waals surface area contributed by atoms with Crippen LogP contribution in [0.25, 0.3) is 11.4 Å². The molecule has 0 saturated heterocycles. The maximum absolute atomic E-state index is 5.77. The molecule has 2 N–H and O–H groups in total. The van der Waals surface area contributed by atoms with Gasteiger partial charge < -0.3 is 10.5 Å². The van der Waals surface area contributed by atoms with Crippen LogP contribution in [-0.4, -0.2) is 27.3 Å². The Kier molecular flexibility index (Phi) is 2.85. The molecule has 1 aliphatic rings. The number of nitrogens with zero attached hydrogens (tertiary/aromatic N) is 4. The number of methoxy groups -OCH3 is 1. The summed E-state index contributed by atoms with van der Waals surface area (Å²) in [5.74, 6) is 2.13. The summed E-state index contributed by atoms with van der Waals surface area (Å²) >= 11 is 0. The summed E-state index contributed by atoms with van der Waals surface area (Å²) in [7, 11) is 1.62. The quantitative estimate of drug-likeness (QED) is 0.848. The van der Waals surface area contributed by atoms with Gasteiger partial charge >= 0.3 is 0 Å². The zero-order valence-electron chi connectivity index (χ0n) is 11.1. The molecule has 2 aromatic rings. The molecule has 1 fully saturated rings. The van der Waals surface area contributed by atoms with Gasteiger partial charge in [0, 0.05) is 11.8 Å². The molecular weight excluding hydrogens is 242 g/mol. The molecular formula is C13H17N5O. The smallest absolute Gasteiger partial charge is 0.186 e. The summed E-state index contributed by atoms with van der Waals surface area (Å²) in [6.45, 7) is 2.19. The maximum atomic E-state index is 5.77. The fraction of sp³-hybridized carbons (Fsp3) is 0.462. The van der Waals surface area contributed by atoms with Crippen molar-refractivity contribution in [2.75, 3.05) is 12.8 Å². The molecule has 0 bridgehead atoms. The number of ether oxygens (including phenoxy) is 1. The van der Waals surface area contributed by atoms with Gasteiger partial charge in [-0.3, -0.25) is 0 Å². The van der Waals surface area contributed by atoms with Crippen LogP contribution >= 0.6 is 0 Å². The minimum absolute atomic E-state index is 0.414. The fourth-order valence-electron chi connectivity index (χ4n) is 2.46. The second kappa shape index (κ2) is 4.53. The van der Waals surface area contributed by atoms with Crippen LogP contribution in [0.5, 0.6) is 5.75 Å². The highest BCUT2D eigenvalue weighted by molar-refractivity contribution is 5.67. The first-order valence-electron chi connectivity index (χ1n) is 6.46. The number of hydrogen-bond donors (Lipinski definition) is 1. The molecule has 0 amide bonds. The van der Waals surface area contributed by atoms with Crippen LogP contribution in [0.15, 0.2) is 18.2 Å². The SMILES string of the molecule is CCC1CC1n1nnnc1-c1ccc(N)cc1OC. The second-order valence-corrected chi connectivity index (χ2v) is 4.88. The van der Waals surface area contributed by atoms with Crippen molar-refractivity contribution in [2.45, 2.75) is 25.8 Å². The van der Waals surface area contributed by atoms with Gasteiger partial charge in [0.2, 0.25) is 0 Å². The van der Waals surface area contributed by atoms with E-state index in [4.69, 9.17) is 10.5 Å². The molecule has 0 aliphatic heterocycles. The molecule has 19 heavy (non-hydrogen) atoms. The Bertz CT molecular complexity index is 594. The van der Waals surface area contributed by atoms with Crippen LogP contribution in [0.3, 0.4) is 0 Å². The van der Waals surface area contributed by atoms with Crippen molar-refractivity contribution in [3.63, 3.8) is 0 Å². The van der Waals surface area contributed by atoms with Gasteiger partial charge in [-0.05, 0) is 34.9 Å². The Labute approximate surface area is 111 Å². The van der Waals surface area contributed by atoms with Crippen LogP contribution in [0, 0.1) is 5.92 Å². The molecule has 3 rings (SSSR count). The average molecular weight is 259 g/mol. The highest BCUT2D eigenvalue weighted by Crippen LogP contribution is 2.46. The van der Waals surface area contributed by atoms with Crippen LogP contribution in [0.2, 0.25) is 0 Å². The molecule has 1 aromatic carbocycles. The van der Waals surface area contributed by atoms with Gasteiger partial charge in [0.1, 0.15) is 5.75 Å². The number of aromatic nitrogens is 4. The number of nitrogen functional groups attached to an aromatic ring is 1. The molecule has 2 atom stereocenters. The Morgan fingerprint density at radius 3 is 3.00 bits per heavy atom. The van der Waals surface area contributed by atoms with Gasteiger partial charge in [-0.25, -0.2) is 4.68 Å². The third-order valence-corrected chi connectivity index (χ3v) is 3.68. The normalized spacial score (nSPS) is 21.4. The van der Waals surface area contributed by atoms with Crippen molar-refractivity contribution in [3.8, 4) is 17.1 Å². The molecule has 1 heterocycles. The molecule has 1 aliphatic carbocycles. The molecule has 1 aromatic heterocycles. The van der Waals surface area contributed by atoms with E-state index in [0.717, 1.165) is 24.2 Å².